The van der Waals surface area contributed by atoms with E-state index in [1.807, 2.05) is 30.4 Å². The van der Waals surface area contributed by atoms with Crippen LogP contribution < -0.4 is 0 Å². The highest BCUT2D eigenvalue weighted by Crippen LogP contribution is 2.45. The zero-order valence-electron chi connectivity index (χ0n) is 66.3. The first-order chi connectivity index (χ1) is 51.7. The zero-order valence-corrected chi connectivity index (χ0v) is 68.1. The molecule has 3 N–H and O–H groups in total. The topological polar surface area (TPSA) is 237 Å². The molecule has 0 fully saturated rings. The largest absolute Gasteiger partial charge is 0.472 e. The maximum Gasteiger partial charge on any atom is 0.472 e. The second kappa shape index (κ2) is 78.1. The molecule has 0 heterocycles. The molecule has 0 aliphatic carbocycles. The van der Waals surface area contributed by atoms with Crippen LogP contribution in [0.2, 0.25) is 0 Å². The van der Waals surface area contributed by atoms with Gasteiger partial charge in [-0.05, 0) is 128 Å². The minimum absolute atomic E-state index is 0.0336. The Morgan fingerprint density at radius 2 is 0.519 bits per heavy atom. The van der Waals surface area contributed by atoms with Gasteiger partial charge >= 0.3 is 39.5 Å². The monoisotopic (exact) mass is 1530 g/mol. The van der Waals surface area contributed by atoms with Crippen molar-refractivity contribution in [3.05, 3.63) is 146 Å². The maximum absolute atomic E-state index is 13.1. The quantitative estimate of drug-likeness (QED) is 0.0169. The molecule has 0 rings (SSSR count). The molecule has 0 spiro atoms. The van der Waals surface area contributed by atoms with E-state index >= 15 is 0 Å². The number of hydrogen-bond acceptors (Lipinski definition) is 15. The van der Waals surface area contributed by atoms with E-state index in [1.165, 1.54) is 103 Å². The molecule has 17 nitrogen and oxygen atoms in total. The van der Waals surface area contributed by atoms with E-state index in [9.17, 15) is 43.2 Å². The van der Waals surface area contributed by atoms with Gasteiger partial charge in [-0.2, -0.15) is 0 Å². The molecule has 0 amide bonds. The summed E-state index contributed by atoms with van der Waals surface area (Å²) in [6, 6.07) is 0. The predicted octanol–water partition coefficient (Wildman–Crippen LogP) is 24.2. The fourth-order valence-electron chi connectivity index (χ4n) is 10.6. The number of hydrogen-bond donors (Lipinski definition) is 3. The standard InChI is InChI=1S/C87H146O17P2/c1-5-9-13-17-21-25-29-33-37-39-40-42-46-48-52-56-60-64-68-72-85(90)98-78-83(104-87(92)74-70-66-62-58-54-50-44-36-32-28-24-20-16-12-8-4)80-102-106(95,96)100-76-81(88)75-99-105(93,94)101-79-82(103-86(91)73-69-65-61-57-53-49-43-35-31-27-23-19-15-11-7-3)77-97-84(89)71-67-63-59-55-51-47-45-41-38-34-30-26-22-18-14-10-6-2/h9-10,13-14,21-22,25-26,33-35,37-38,40,42-43,45,47-48,52,55,59-60,64,81-83,88H,5-8,11-12,15-20,23-24,27-32,36,39,41,44,46,49-51,53-54,56-58,61-63,65-80H2,1-4H3,(H,93,94)(H,95,96)/b13-9-,14-10-,25-21-,26-22-,37-33-,38-34-,42-40-,43-35-,47-45-,52-48-,59-55-,64-60-. The summed E-state index contributed by atoms with van der Waals surface area (Å²) in [5.41, 5.74) is 0. The van der Waals surface area contributed by atoms with Crippen molar-refractivity contribution in [3.63, 3.8) is 0 Å². The summed E-state index contributed by atoms with van der Waals surface area (Å²) in [6.07, 6.45) is 89.9. The molecule has 0 aromatic carbocycles. The molecule has 0 bridgehead atoms. The number of allylic oxidation sites excluding steroid dienone is 24. The number of rotatable bonds is 76. The second-order valence-electron chi connectivity index (χ2n) is 27.0. The van der Waals surface area contributed by atoms with Crippen LogP contribution in [0.5, 0.6) is 0 Å². The summed E-state index contributed by atoms with van der Waals surface area (Å²) in [5.74, 6) is -2.34. The number of esters is 4. The van der Waals surface area contributed by atoms with E-state index in [4.69, 9.17) is 37.0 Å². The lowest BCUT2D eigenvalue weighted by Gasteiger charge is -2.21. The fourth-order valence-corrected chi connectivity index (χ4v) is 12.2. The number of ether oxygens (including phenoxy) is 4. The van der Waals surface area contributed by atoms with E-state index < -0.39 is 97.5 Å². The Morgan fingerprint density at radius 3 is 0.849 bits per heavy atom. The van der Waals surface area contributed by atoms with Gasteiger partial charge < -0.3 is 33.8 Å². The van der Waals surface area contributed by atoms with Gasteiger partial charge in [0.2, 0.25) is 0 Å². The van der Waals surface area contributed by atoms with Crippen molar-refractivity contribution in [2.45, 2.75) is 341 Å². The average Bonchev–Trinajstić information content (AvgIpc) is 0.909. The van der Waals surface area contributed by atoms with Crippen molar-refractivity contribution >= 4 is 39.5 Å². The van der Waals surface area contributed by atoms with Crippen molar-refractivity contribution in [1.82, 2.24) is 0 Å². The maximum atomic E-state index is 13.1. The lowest BCUT2D eigenvalue weighted by Crippen LogP contribution is -2.30. The van der Waals surface area contributed by atoms with Crippen molar-refractivity contribution in [2.75, 3.05) is 39.6 Å². The molecule has 5 atom stereocenters. The summed E-state index contributed by atoms with van der Waals surface area (Å²) < 4.78 is 68.6. The third-order valence-electron chi connectivity index (χ3n) is 16.8. The smallest absolute Gasteiger partial charge is 0.462 e. The molecule has 19 heteroatoms. The number of carbonyl (C=O) groups excluding carboxylic acids is 4. The van der Waals surface area contributed by atoms with Crippen LogP contribution >= 0.6 is 15.6 Å². The first-order valence-corrected chi connectivity index (χ1v) is 44.1. The van der Waals surface area contributed by atoms with Gasteiger partial charge in [-0.15, -0.1) is 0 Å². The van der Waals surface area contributed by atoms with Gasteiger partial charge in [0.25, 0.3) is 0 Å². The Bertz CT molecular complexity index is 2580. The Balaban J connectivity index is 5.48. The van der Waals surface area contributed by atoms with Crippen LogP contribution in [-0.4, -0.2) is 96.7 Å². The number of aliphatic hydroxyl groups is 1. The number of carbonyl (C=O) groups is 4. The molecule has 0 aromatic heterocycles. The zero-order chi connectivity index (χ0) is 77.4. The van der Waals surface area contributed by atoms with Crippen LogP contribution in [0, 0.1) is 0 Å². The molecular formula is C87H146O17P2. The number of phosphoric ester groups is 2. The van der Waals surface area contributed by atoms with Crippen molar-refractivity contribution in [2.24, 2.45) is 0 Å². The molecule has 0 aliphatic heterocycles. The lowest BCUT2D eigenvalue weighted by atomic mass is 10.0. The molecule has 0 saturated heterocycles. The van der Waals surface area contributed by atoms with E-state index in [1.54, 1.807) is 0 Å². The summed E-state index contributed by atoms with van der Waals surface area (Å²) in [5, 5.41) is 10.7. The van der Waals surface area contributed by atoms with Crippen molar-refractivity contribution in [3.8, 4) is 0 Å². The molecule has 606 valence electrons. The first kappa shape index (κ1) is 101. The van der Waals surface area contributed by atoms with Crippen LogP contribution in [0.15, 0.2) is 146 Å². The Morgan fingerprint density at radius 1 is 0.274 bits per heavy atom. The Hall–Kier alpha value is -5.06. The highest BCUT2D eigenvalue weighted by molar-refractivity contribution is 7.47. The van der Waals surface area contributed by atoms with Crippen LogP contribution in [0.4, 0.5) is 0 Å². The molecule has 0 aromatic rings. The highest BCUT2D eigenvalue weighted by atomic mass is 31.2. The molecular weight excluding hydrogens is 1380 g/mol. The average molecular weight is 1530 g/mol. The summed E-state index contributed by atoms with van der Waals surface area (Å²) in [7, 11) is -10.0. The Kier molecular flexibility index (Phi) is 74.3. The minimum Gasteiger partial charge on any atom is -0.462 e. The summed E-state index contributed by atoms with van der Waals surface area (Å²) in [4.78, 5) is 73.1. The van der Waals surface area contributed by atoms with Crippen molar-refractivity contribution < 1.29 is 80.2 Å². The van der Waals surface area contributed by atoms with Gasteiger partial charge in [-0.25, -0.2) is 9.13 Å². The van der Waals surface area contributed by atoms with Gasteiger partial charge in [0.1, 0.15) is 19.3 Å². The second-order valence-corrected chi connectivity index (χ2v) is 29.9. The van der Waals surface area contributed by atoms with Crippen LogP contribution in [0.25, 0.3) is 0 Å². The van der Waals surface area contributed by atoms with Crippen molar-refractivity contribution in [1.29, 1.82) is 0 Å². The molecule has 0 radical (unpaired) electrons. The van der Waals surface area contributed by atoms with Gasteiger partial charge in [0.15, 0.2) is 12.2 Å². The lowest BCUT2D eigenvalue weighted by molar-refractivity contribution is -0.161. The Labute approximate surface area is 643 Å². The van der Waals surface area contributed by atoms with E-state index in [2.05, 4.69) is 143 Å². The van der Waals surface area contributed by atoms with E-state index in [0.717, 1.165) is 128 Å². The fraction of sp³-hybridized carbons (Fsp3) is 0.678. The summed E-state index contributed by atoms with van der Waals surface area (Å²) in [6.45, 7) is 4.51. The number of unbranched alkanes of at least 4 members (excludes halogenated alkanes) is 26. The number of phosphoric acid groups is 2. The van der Waals surface area contributed by atoms with Crippen LogP contribution in [0.3, 0.4) is 0 Å². The SMILES string of the molecule is CC/C=C\C/C=C\C/C=C\C/C=C\C/C=C\C/C=C\CCC(=O)OCC(COP(=O)(O)OCC(O)COP(=O)(O)OCC(COC(=O)CCC/C=C\C/C=C\C/C=C\C/C=C\C/C=C\CC)OC(=O)CCCCCCC/C=C\CCCCCCCC)OC(=O)CCCCCCCCCCCCCCCCC. The van der Waals surface area contributed by atoms with E-state index in [0.29, 0.717) is 38.5 Å². The van der Waals surface area contributed by atoms with E-state index in [-0.39, 0.29) is 25.7 Å². The molecule has 0 saturated carbocycles. The highest BCUT2D eigenvalue weighted by Gasteiger charge is 2.30. The molecule has 5 unspecified atom stereocenters. The van der Waals surface area contributed by atoms with Crippen LogP contribution in [0.1, 0.15) is 323 Å². The number of aliphatic hydroxyl groups excluding tert-OH is 1. The van der Waals surface area contributed by atoms with Gasteiger partial charge in [0, 0.05) is 25.7 Å². The molecule has 106 heavy (non-hydrogen) atoms. The molecule has 0 aliphatic rings. The first-order valence-electron chi connectivity index (χ1n) is 41.1. The van der Waals surface area contributed by atoms with Gasteiger partial charge in [0.05, 0.1) is 26.4 Å². The predicted molar refractivity (Wildman–Crippen MR) is 436 cm³/mol. The van der Waals surface area contributed by atoms with Gasteiger partial charge in [-0.3, -0.25) is 37.3 Å². The normalized spacial score (nSPS) is 14.6. The van der Waals surface area contributed by atoms with Crippen LogP contribution in [-0.2, 0) is 65.4 Å². The third-order valence-corrected chi connectivity index (χ3v) is 18.7. The third kappa shape index (κ3) is 77.1. The summed E-state index contributed by atoms with van der Waals surface area (Å²) >= 11 is 0. The van der Waals surface area contributed by atoms with Gasteiger partial charge in [-0.1, -0.05) is 315 Å². The minimum atomic E-state index is -5.00.